The molecule has 1 rings (SSSR count). The van der Waals surface area contributed by atoms with Crippen LogP contribution >= 0.6 is 0 Å². The summed E-state index contributed by atoms with van der Waals surface area (Å²) in [5.41, 5.74) is 5.57. The molecule has 4 nitrogen and oxygen atoms in total. The van der Waals surface area contributed by atoms with E-state index in [9.17, 15) is 9.18 Å². The minimum absolute atomic E-state index is 0.00921. The molecule has 1 unspecified atom stereocenters. The summed E-state index contributed by atoms with van der Waals surface area (Å²) >= 11 is 0. The van der Waals surface area contributed by atoms with E-state index in [4.69, 9.17) is 5.73 Å². The van der Waals surface area contributed by atoms with Crippen LogP contribution in [0.4, 0.5) is 4.39 Å². The van der Waals surface area contributed by atoms with Crippen LogP contribution in [0.1, 0.15) is 36.5 Å². The van der Waals surface area contributed by atoms with Crippen LogP contribution in [0.15, 0.2) is 18.5 Å². The molecule has 0 saturated carbocycles. The van der Waals surface area contributed by atoms with Crippen molar-refractivity contribution < 1.29 is 9.18 Å². The van der Waals surface area contributed by atoms with Crippen LogP contribution in [0.25, 0.3) is 0 Å². The smallest absolute Gasteiger partial charge is 0.254 e. The molecule has 1 atom stereocenters. The van der Waals surface area contributed by atoms with Crippen LogP contribution in [0.2, 0.25) is 0 Å². The van der Waals surface area contributed by atoms with Gasteiger partial charge in [0, 0.05) is 18.8 Å². The van der Waals surface area contributed by atoms with Crippen LogP contribution in [-0.2, 0) is 0 Å². The number of aromatic nitrogens is 1. The molecule has 0 fully saturated rings. The fourth-order valence-electron chi connectivity index (χ4n) is 1.52. The summed E-state index contributed by atoms with van der Waals surface area (Å²) in [5, 5.41) is 2.73. The van der Waals surface area contributed by atoms with Gasteiger partial charge in [0.15, 0.2) is 5.82 Å². The zero-order chi connectivity index (χ0) is 12.7. The van der Waals surface area contributed by atoms with Gasteiger partial charge in [-0.3, -0.25) is 9.78 Å². The first-order valence-corrected chi connectivity index (χ1v) is 5.79. The van der Waals surface area contributed by atoms with E-state index in [2.05, 4.69) is 17.2 Å². The molecule has 0 aromatic carbocycles. The van der Waals surface area contributed by atoms with Gasteiger partial charge in [-0.1, -0.05) is 19.8 Å². The minimum Gasteiger partial charge on any atom is -0.348 e. The van der Waals surface area contributed by atoms with E-state index in [1.807, 2.05) is 0 Å². The highest BCUT2D eigenvalue weighted by Gasteiger charge is 2.15. The molecule has 94 valence electrons. The highest BCUT2D eigenvalue weighted by atomic mass is 19.1. The Labute approximate surface area is 100 Å². The Bertz CT molecular complexity index is 371. The van der Waals surface area contributed by atoms with Gasteiger partial charge in [-0.25, -0.2) is 4.39 Å². The van der Waals surface area contributed by atoms with Gasteiger partial charge < -0.3 is 11.1 Å². The second kappa shape index (κ2) is 6.96. The number of amides is 1. The van der Waals surface area contributed by atoms with Crippen molar-refractivity contribution in [3.8, 4) is 0 Å². The minimum atomic E-state index is -0.615. The molecule has 5 heteroatoms. The highest BCUT2D eigenvalue weighted by Crippen LogP contribution is 2.06. The number of unbranched alkanes of at least 4 members (excludes halogenated alkanes) is 1. The summed E-state index contributed by atoms with van der Waals surface area (Å²) in [7, 11) is 0. The molecule has 0 spiro atoms. The molecule has 3 N–H and O–H groups in total. The number of halogens is 1. The fraction of sp³-hybridized carbons (Fsp3) is 0.500. The van der Waals surface area contributed by atoms with Gasteiger partial charge in [0.05, 0.1) is 11.8 Å². The predicted molar refractivity (Wildman–Crippen MR) is 64.0 cm³/mol. The summed E-state index contributed by atoms with van der Waals surface area (Å²) in [6, 6.07) is 1.26. The van der Waals surface area contributed by atoms with Crippen molar-refractivity contribution >= 4 is 5.91 Å². The van der Waals surface area contributed by atoms with Gasteiger partial charge in [0.25, 0.3) is 5.91 Å². The first kappa shape index (κ1) is 13.6. The molecule has 0 saturated heterocycles. The number of nitrogens with two attached hydrogens (primary N) is 1. The largest absolute Gasteiger partial charge is 0.348 e. The number of hydrogen-bond donors (Lipinski definition) is 2. The van der Waals surface area contributed by atoms with E-state index in [1.165, 1.54) is 12.3 Å². The van der Waals surface area contributed by atoms with Crippen molar-refractivity contribution in [2.24, 2.45) is 5.73 Å². The Hall–Kier alpha value is -1.49. The summed E-state index contributed by atoms with van der Waals surface area (Å²) in [4.78, 5) is 15.4. The number of carbonyl (C=O) groups is 1. The zero-order valence-corrected chi connectivity index (χ0v) is 9.95. The molecule has 0 bridgehead atoms. The standard InChI is InChI=1S/C12H18FN3O/c1-2-3-4-9(7-14)16-12(17)10-5-6-15-8-11(10)13/h5-6,8-9H,2-4,7,14H2,1H3,(H,16,17). The highest BCUT2D eigenvalue weighted by molar-refractivity contribution is 5.94. The van der Waals surface area contributed by atoms with Gasteiger partial charge in [-0.05, 0) is 12.5 Å². The number of hydrogen-bond acceptors (Lipinski definition) is 3. The molecular weight excluding hydrogens is 221 g/mol. The third-order valence-electron chi connectivity index (χ3n) is 2.54. The topological polar surface area (TPSA) is 68.0 Å². The zero-order valence-electron chi connectivity index (χ0n) is 9.95. The molecule has 0 radical (unpaired) electrons. The van der Waals surface area contributed by atoms with E-state index in [1.54, 1.807) is 0 Å². The maximum Gasteiger partial charge on any atom is 0.254 e. The Morgan fingerprint density at radius 2 is 2.41 bits per heavy atom. The normalized spacial score (nSPS) is 12.2. The number of rotatable bonds is 6. The van der Waals surface area contributed by atoms with E-state index in [0.717, 1.165) is 25.5 Å². The van der Waals surface area contributed by atoms with Crippen LogP contribution in [0, 0.1) is 5.82 Å². The average Bonchev–Trinajstić information content (AvgIpc) is 2.34. The third-order valence-corrected chi connectivity index (χ3v) is 2.54. The molecule has 17 heavy (non-hydrogen) atoms. The lowest BCUT2D eigenvalue weighted by atomic mass is 10.1. The monoisotopic (exact) mass is 239 g/mol. The Kier molecular flexibility index (Phi) is 5.56. The lowest BCUT2D eigenvalue weighted by Crippen LogP contribution is -2.40. The van der Waals surface area contributed by atoms with Crippen molar-refractivity contribution in [3.05, 3.63) is 29.8 Å². The fourth-order valence-corrected chi connectivity index (χ4v) is 1.52. The van der Waals surface area contributed by atoms with Crippen molar-refractivity contribution in [2.75, 3.05) is 6.54 Å². The Balaban J connectivity index is 2.61. The van der Waals surface area contributed by atoms with Crippen LogP contribution in [-0.4, -0.2) is 23.5 Å². The van der Waals surface area contributed by atoms with Gasteiger partial charge in [0.1, 0.15) is 0 Å². The van der Waals surface area contributed by atoms with Crippen molar-refractivity contribution in [1.29, 1.82) is 0 Å². The summed E-state index contributed by atoms with van der Waals surface area (Å²) < 4.78 is 13.3. The summed E-state index contributed by atoms with van der Waals surface area (Å²) in [6.07, 6.45) is 5.25. The maximum absolute atomic E-state index is 13.3. The summed E-state index contributed by atoms with van der Waals surface area (Å²) in [6.45, 7) is 2.43. The van der Waals surface area contributed by atoms with E-state index >= 15 is 0 Å². The van der Waals surface area contributed by atoms with Gasteiger partial charge in [-0.2, -0.15) is 0 Å². The van der Waals surface area contributed by atoms with Gasteiger partial charge in [0.2, 0.25) is 0 Å². The molecule has 0 aliphatic carbocycles. The van der Waals surface area contributed by atoms with Crippen LogP contribution in [0.5, 0.6) is 0 Å². The lowest BCUT2D eigenvalue weighted by molar-refractivity contribution is 0.0931. The number of nitrogens with zero attached hydrogens (tertiary/aromatic N) is 1. The van der Waals surface area contributed by atoms with Crippen molar-refractivity contribution in [2.45, 2.75) is 32.2 Å². The molecule has 1 heterocycles. The van der Waals surface area contributed by atoms with Crippen LogP contribution < -0.4 is 11.1 Å². The molecule has 1 aromatic rings. The van der Waals surface area contributed by atoms with E-state index in [-0.39, 0.29) is 11.6 Å². The second-order valence-electron chi connectivity index (χ2n) is 3.90. The maximum atomic E-state index is 13.3. The third kappa shape index (κ3) is 4.11. The van der Waals surface area contributed by atoms with Gasteiger partial charge >= 0.3 is 0 Å². The molecule has 1 aromatic heterocycles. The summed E-state index contributed by atoms with van der Waals surface area (Å²) in [5.74, 6) is -1.05. The molecule has 0 aliphatic heterocycles. The van der Waals surface area contributed by atoms with Crippen LogP contribution in [0.3, 0.4) is 0 Å². The predicted octanol–water partition coefficient (Wildman–Crippen LogP) is 1.47. The number of carbonyl (C=O) groups excluding carboxylic acids is 1. The van der Waals surface area contributed by atoms with E-state index < -0.39 is 11.7 Å². The first-order valence-electron chi connectivity index (χ1n) is 5.79. The average molecular weight is 239 g/mol. The van der Waals surface area contributed by atoms with Crippen molar-refractivity contribution in [3.63, 3.8) is 0 Å². The van der Waals surface area contributed by atoms with E-state index in [0.29, 0.717) is 6.54 Å². The quantitative estimate of drug-likeness (QED) is 0.789. The molecule has 1 amide bonds. The molecular formula is C12H18FN3O. The first-order chi connectivity index (χ1) is 8.19. The lowest BCUT2D eigenvalue weighted by Gasteiger charge is -2.16. The number of nitrogens with one attached hydrogen (secondary N) is 1. The SMILES string of the molecule is CCCCC(CN)NC(=O)c1ccncc1F. The Morgan fingerprint density at radius 3 is 3.00 bits per heavy atom. The second-order valence-corrected chi connectivity index (χ2v) is 3.90. The van der Waals surface area contributed by atoms with Crippen molar-refractivity contribution in [1.82, 2.24) is 10.3 Å². The number of pyridine rings is 1. The molecule has 0 aliphatic rings. The van der Waals surface area contributed by atoms with Gasteiger partial charge in [-0.15, -0.1) is 0 Å². The Morgan fingerprint density at radius 1 is 1.65 bits per heavy atom.